The minimum atomic E-state index is -2.83. The van der Waals surface area contributed by atoms with Crippen LogP contribution in [0.4, 0.5) is 8.78 Å². The van der Waals surface area contributed by atoms with Crippen molar-refractivity contribution in [3.8, 4) is 5.75 Å². The van der Waals surface area contributed by atoms with Gasteiger partial charge in [0.15, 0.2) is 5.96 Å². The van der Waals surface area contributed by atoms with Gasteiger partial charge in [-0.05, 0) is 38.5 Å². The van der Waals surface area contributed by atoms with E-state index in [2.05, 4.69) is 25.5 Å². The van der Waals surface area contributed by atoms with Crippen LogP contribution in [0, 0.1) is 13.8 Å². The largest absolute Gasteiger partial charge is 0.435 e. The molecule has 0 fully saturated rings. The molecule has 0 aliphatic heterocycles. The van der Waals surface area contributed by atoms with Crippen LogP contribution >= 0.6 is 0 Å². The van der Waals surface area contributed by atoms with Crippen LogP contribution in [0.5, 0.6) is 5.75 Å². The van der Waals surface area contributed by atoms with Crippen molar-refractivity contribution in [1.29, 1.82) is 0 Å². The summed E-state index contributed by atoms with van der Waals surface area (Å²) < 4.78 is 30.9. The van der Waals surface area contributed by atoms with Gasteiger partial charge in [0.05, 0.1) is 12.2 Å². The number of rotatable bonds is 7. The van der Waals surface area contributed by atoms with E-state index in [4.69, 9.17) is 0 Å². The normalized spacial score (nSPS) is 11.7. The minimum absolute atomic E-state index is 0.132. The van der Waals surface area contributed by atoms with Crippen LogP contribution in [0.3, 0.4) is 0 Å². The molecule has 1 aromatic carbocycles. The lowest BCUT2D eigenvalue weighted by Crippen LogP contribution is -2.37. The van der Waals surface area contributed by atoms with Gasteiger partial charge in [-0.25, -0.2) is 4.99 Å². The summed E-state index contributed by atoms with van der Waals surface area (Å²) in [6.07, 6.45) is 0. The number of hydrogen-bond donors (Lipinski definition) is 2. The number of aromatic nitrogens is 2. The number of nitrogens with zero attached hydrogens (tertiary/aromatic N) is 3. The molecule has 142 valence electrons. The Labute approximate surface area is 152 Å². The molecule has 2 aromatic rings. The molecule has 0 aliphatic carbocycles. The van der Waals surface area contributed by atoms with Crippen molar-refractivity contribution in [3.05, 3.63) is 46.8 Å². The van der Waals surface area contributed by atoms with Crippen molar-refractivity contribution in [2.75, 3.05) is 6.54 Å². The molecule has 6 nitrogen and oxygen atoms in total. The first-order chi connectivity index (χ1) is 12.4. The monoisotopic (exact) mass is 365 g/mol. The molecule has 0 saturated heterocycles. The second kappa shape index (κ2) is 9.17. The minimum Gasteiger partial charge on any atom is -0.435 e. The maximum absolute atomic E-state index is 12.3. The number of aliphatic imine (C=N–C) groups is 1. The predicted octanol–water partition coefficient (Wildman–Crippen LogP) is 2.89. The van der Waals surface area contributed by atoms with Crippen LogP contribution in [-0.2, 0) is 20.1 Å². The van der Waals surface area contributed by atoms with Crippen LogP contribution < -0.4 is 15.4 Å². The van der Waals surface area contributed by atoms with Crippen LogP contribution in [0.25, 0.3) is 0 Å². The third kappa shape index (κ3) is 5.44. The average molecular weight is 365 g/mol. The van der Waals surface area contributed by atoms with Crippen molar-refractivity contribution in [1.82, 2.24) is 20.4 Å². The highest BCUT2D eigenvalue weighted by molar-refractivity contribution is 5.79. The van der Waals surface area contributed by atoms with E-state index in [1.165, 1.54) is 6.07 Å². The zero-order valence-corrected chi connectivity index (χ0v) is 15.5. The SMILES string of the molecule is CCNC(=NCc1cccc(OC(F)F)c1)NCc1c(C)nn(C)c1C. The van der Waals surface area contributed by atoms with Gasteiger partial charge in [-0.1, -0.05) is 12.1 Å². The molecule has 0 aliphatic rings. The fourth-order valence-electron chi connectivity index (χ4n) is 2.58. The summed E-state index contributed by atoms with van der Waals surface area (Å²) in [7, 11) is 1.92. The van der Waals surface area contributed by atoms with Gasteiger partial charge >= 0.3 is 6.61 Å². The highest BCUT2D eigenvalue weighted by atomic mass is 19.3. The standard InChI is InChI=1S/C18H25F2N5O/c1-5-21-18(23-11-16-12(2)24-25(4)13(16)3)22-10-14-7-6-8-15(9-14)26-17(19)20/h6-9,17H,5,10-11H2,1-4H3,(H2,21,22,23). The summed E-state index contributed by atoms with van der Waals surface area (Å²) in [4.78, 5) is 4.51. The molecule has 1 heterocycles. The molecule has 0 amide bonds. The van der Waals surface area contributed by atoms with E-state index in [0.717, 1.165) is 22.5 Å². The summed E-state index contributed by atoms with van der Waals surface area (Å²) in [6, 6.07) is 6.55. The average Bonchev–Trinajstić information content (AvgIpc) is 2.82. The van der Waals surface area contributed by atoms with E-state index in [-0.39, 0.29) is 5.75 Å². The lowest BCUT2D eigenvalue weighted by Gasteiger charge is -2.12. The summed E-state index contributed by atoms with van der Waals surface area (Å²) in [6.45, 7) is 4.81. The highest BCUT2D eigenvalue weighted by Gasteiger charge is 2.10. The molecule has 0 unspecified atom stereocenters. The topological polar surface area (TPSA) is 63.5 Å². The van der Waals surface area contributed by atoms with E-state index in [1.54, 1.807) is 12.1 Å². The summed E-state index contributed by atoms with van der Waals surface area (Å²) in [5.41, 5.74) is 3.99. The van der Waals surface area contributed by atoms with E-state index in [9.17, 15) is 8.78 Å². The number of ether oxygens (including phenoxy) is 1. The van der Waals surface area contributed by atoms with E-state index >= 15 is 0 Å². The Morgan fingerprint density at radius 2 is 2.08 bits per heavy atom. The maximum Gasteiger partial charge on any atom is 0.387 e. The first kappa shape index (κ1) is 19.7. The number of halogens is 2. The number of alkyl halides is 2. The number of guanidine groups is 1. The van der Waals surface area contributed by atoms with Crippen molar-refractivity contribution in [3.63, 3.8) is 0 Å². The first-order valence-electron chi connectivity index (χ1n) is 8.45. The molecule has 1 aromatic heterocycles. The van der Waals surface area contributed by atoms with E-state index in [1.807, 2.05) is 38.6 Å². The highest BCUT2D eigenvalue weighted by Crippen LogP contribution is 2.16. The van der Waals surface area contributed by atoms with E-state index < -0.39 is 6.61 Å². The van der Waals surface area contributed by atoms with Crippen molar-refractivity contribution < 1.29 is 13.5 Å². The first-order valence-corrected chi connectivity index (χ1v) is 8.45. The number of benzene rings is 1. The molecule has 2 rings (SSSR count). The summed E-state index contributed by atoms with van der Waals surface area (Å²) in [5.74, 6) is 0.780. The van der Waals surface area contributed by atoms with Gasteiger partial charge in [-0.2, -0.15) is 13.9 Å². The molecule has 2 N–H and O–H groups in total. The van der Waals surface area contributed by atoms with Crippen LogP contribution in [-0.4, -0.2) is 28.9 Å². The quantitative estimate of drug-likeness (QED) is 0.585. The number of aryl methyl sites for hydroxylation is 2. The molecule has 26 heavy (non-hydrogen) atoms. The fraction of sp³-hybridized carbons (Fsp3) is 0.444. The third-order valence-corrected chi connectivity index (χ3v) is 3.98. The van der Waals surface area contributed by atoms with Crippen LogP contribution in [0.15, 0.2) is 29.3 Å². The van der Waals surface area contributed by atoms with Crippen molar-refractivity contribution in [2.45, 2.75) is 40.5 Å². The van der Waals surface area contributed by atoms with Crippen molar-refractivity contribution >= 4 is 5.96 Å². The van der Waals surface area contributed by atoms with Gasteiger partial charge in [0.2, 0.25) is 0 Å². The Balaban J connectivity index is 2.04. The molecule has 0 saturated carbocycles. The number of hydrogen-bond acceptors (Lipinski definition) is 3. The Kier molecular flexibility index (Phi) is 6.94. The van der Waals surface area contributed by atoms with Crippen LogP contribution in [0.1, 0.15) is 29.4 Å². The Morgan fingerprint density at radius 3 is 2.69 bits per heavy atom. The van der Waals surface area contributed by atoms with Crippen molar-refractivity contribution in [2.24, 2.45) is 12.0 Å². The molecule has 8 heteroatoms. The van der Waals surface area contributed by atoms with Gasteiger partial charge in [0.25, 0.3) is 0 Å². The fourth-order valence-corrected chi connectivity index (χ4v) is 2.58. The van der Waals surface area contributed by atoms with E-state index in [0.29, 0.717) is 25.6 Å². The number of nitrogens with one attached hydrogen (secondary N) is 2. The zero-order valence-electron chi connectivity index (χ0n) is 15.5. The lowest BCUT2D eigenvalue weighted by molar-refractivity contribution is -0.0498. The van der Waals surface area contributed by atoms with Gasteiger partial charge in [-0.3, -0.25) is 4.68 Å². The van der Waals surface area contributed by atoms with Crippen LogP contribution in [0.2, 0.25) is 0 Å². The second-order valence-corrected chi connectivity index (χ2v) is 5.85. The predicted molar refractivity (Wildman–Crippen MR) is 97.4 cm³/mol. The molecule has 0 bridgehead atoms. The Hall–Kier alpha value is -2.64. The summed E-state index contributed by atoms with van der Waals surface area (Å²) in [5, 5.41) is 10.9. The Morgan fingerprint density at radius 1 is 1.31 bits per heavy atom. The molecule has 0 spiro atoms. The van der Waals surface area contributed by atoms with Gasteiger partial charge in [-0.15, -0.1) is 0 Å². The maximum atomic E-state index is 12.3. The third-order valence-electron chi connectivity index (χ3n) is 3.98. The Bertz CT molecular complexity index is 758. The zero-order chi connectivity index (χ0) is 19.1. The molecular formula is C18H25F2N5O. The molecule has 0 atom stereocenters. The smallest absolute Gasteiger partial charge is 0.387 e. The van der Waals surface area contributed by atoms with Gasteiger partial charge in [0, 0.05) is 31.4 Å². The molecule has 0 radical (unpaired) electrons. The summed E-state index contributed by atoms with van der Waals surface area (Å²) >= 11 is 0. The second-order valence-electron chi connectivity index (χ2n) is 5.85. The van der Waals surface area contributed by atoms with Gasteiger partial charge < -0.3 is 15.4 Å². The van der Waals surface area contributed by atoms with Gasteiger partial charge in [0.1, 0.15) is 5.75 Å². The lowest BCUT2D eigenvalue weighted by atomic mass is 10.2. The molecular weight excluding hydrogens is 340 g/mol.